The average Bonchev–Trinajstić information content (AvgIpc) is 2.44. The van der Waals surface area contributed by atoms with Crippen molar-refractivity contribution in [3.05, 3.63) is 29.8 Å². The van der Waals surface area contributed by atoms with E-state index in [4.69, 9.17) is 0 Å². The van der Waals surface area contributed by atoms with E-state index in [-0.39, 0.29) is 17.9 Å². The van der Waals surface area contributed by atoms with Gasteiger partial charge >= 0.3 is 5.97 Å². The standard InChI is InChI=1S/C14H18N2O4/c1-3-8-15-12(17)9-13(18)16-11-7-5-4-6-10(11)14(19)20-2/h4-7H,3,8-9H2,1-2H3,(H,15,17)(H,16,18). The molecule has 0 radical (unpaired) electrons. The minimum Gasteiger partial charge on any atom is -0.465 e. The predicted octanol–water partition coefficient (Wildman–Crippen LogP) is 1.33. The van der Waals surface area contributed by atoms with Crippen LogP contribution in [-0.2, 0) is 14.3 Å². The lowest BCUT2D eigenvalue weighted by Gasteiger charge is -2.09. The summed E-state index contributed by atoms with van der Waals surface area (Å²) < 4.78 is 4.62. The third-order valence-corrected chi connectivity index (χ3v) is 2.50. The predicted molar refractivity (Wildman–Crippen MR) is 74.3 cm³/mol. The Balaban J connectivity index is 2.66. The van der Waals surface area contributed by atoms with Gasteiger partial charge in [0.05, 0.1) is 18.4 Å². The number of benzene rings is 1. The molecule has 2 amide bonds. The summed E-state index contributed by atoms with van der Waals surface area (Å²) in [6.07, 6.45) is 0.522. The Morgan fingerprint density at radius 1 is 1.15 bits per heavy atom. The van der Waals surface area contributed by atoms with Crippen LogP contribution in [0.15, 0.2) is 24.3 Å². The normalized spacial score (nSPS) is 9.70. The van der Waals surface area contributed by atoms with Gasteiger partial charge in [0, 0.05) is 6.54 Å². The zero-order valence-electron chi connectivity index (χ0n) is 11.6. The Bertz CT molecular complexity index is 500. The topological polar surface area (TPSA) is 84.5 Å². The molecule has 0 heterocycles. The lowest BCUT2D eigenvalue weighted by molar-refractivity contribution is -0.126. The number of para-hydroxylation sites is 1. The number of anilines is 1. The molecule has 0 saturated heterocycles. The van der Waals surface area contributed by atoms with Crippen molar-refractivity contribution >= 4 is 23.5 Å². The first-order valence-electron chi connectivity index (χ1n) is 6.32. The molecule has 0 aliphatic rings. The van der Waals surface area contributed by atoms with Gasteiger partial charge < -0.3 is 15.4 Å². The lowest BCUT2D eigenvalue weighted by atomic mass is 10.1. The Kier molecular flexibility index (Phi) is 6.22. The molecule has 1 aromatic carbocycles. The van der Waals surface area contributed by atoms with Crippen LogP contribution in [0.2, 0.25) is 0 Å². The molecule has 20 heavy (non-hydrogen) atoms. The number of carbonyl (C=O) groups is 3. The van der Waals surface area contributed by atoms with Crippen LogP contribution in [-0.4, -0.2) is 31.4 Å². The first kappa shape index (κ1) is 15.7. The molecule has 0 aliphatic carbocycles. The minimum atomic E-state index is -0.545. The number of methoxy groups -OCH3 is 1. The van der Waals surface area contributed by atoms with Gasteiger partial charge in [-0.1, -0.05) is 19.1 Å². The summed E-state index contributed by atoms with van der Waals surface area (Å²) in [5, 5.41) is 5.14. The van der Waals surface area contributed by atoms with Crippen molar-refractivity contribution in [2.45, 2.75) is 19.8 Å². The number of carbonyl (C=O) groups excluding carboxylic acids is 3. The number of rotatable bonds is 6. The van der Waals surface area contributed by atoms with Crippen LogP contribution in [0.5, 0.6) is 0 Å². The van der Waals surface area contributed by atoms with Crippen molar-refractivity contribution in [2.75, 3.05) is 19.0 Å². The second-order valence-electron chi connectivity index (χ2n) is 4.11. The SMILES string of the molecule is CCCNC(=O)CC(=O)Nc1ccccc1C(=O)OC. The van der Waals surface area contributed by atoms with E-state index >= 15 is 0 Å². The first-order valence-corrected chi connectivity index (χ1v) is 6.32. The van der Waals surface area contributed by atoms with Crippen LogP contribution < -0.4 is 10.6 Å². The van der Waals surface area contributed by atoms with E-state index in [1.165, 1.54) is 7.11 Å². The number of esters is 1. The fourth-order valence-corrected chi connectivity index (χ4v) is 1.55. The molecule has 0 fully saturated rings. The third-order valence-electron chi connectivity index (χ3n) is 2.50. The maximum absolute atomic E-state index is 11.7. The summed E-state index contributed by atoms with van der Waals surface area (Å²) >= 11 is 0. The molecule has 0 saturated carbocycles. The molecule has 108 valence electrons. The summed E-state index contributed by atoms with van der Waals surface area (Å²) in [7, 11) is 1.26. The lowest BCUT2D eigenvalue weighted by Crippen LogP contribution is -2.28. The average molecular weight is 278 g/mol. The summed E-state index contributed by atoms with van der Waals surface area (Å²) in [6.45, 7) is 2.46. The van der Waals surface area contributed by atoms with Crippen molar-refractivity contribution in [3.63, 3.8) is 0 Å². The summed E-state index contributed by atoms with van der Waals surface area (Å²) in [6, 6.07) is 6.46. The van der Waals surface area contributed by atoms with Gasteiger partial charge in [0.2, 0.25) is 11.8 Å². The van der Waals surface area contributed by atoms with E-state index in [0.29, 0.717) is 12.2 Å². The molecule has 1 rings (SSSR count). The highest BCUT2D eigenvalue weighted by molar-refractivity contribution is 6.06. The van der Waals surface area contributed by atoms with Crippen LogP contribution in [0.1, 0.15) is 30.1 Å². The zero-order valence-corrected chi connectivity index (χ0v) is 11.6. The Morgan fingerprint density at radius 2 is 1.85 bits per heavy atom. The molecule has 6 nitrogen and oxygen atoms in total. The Labute approximate surface area is 117 Å². The van der Waals surface area contributed by atoms with Gasteiger partial charge in [-0.05, 0) is 18.6 Å². The molecule has 1 aromatic rings. The summed E-state index contributed by atoms with van der Waals surface area (Å²) in [5.41, 5.74) is 0.574. The highest BCUT2D eigenvalue weighted by Crippen LogP contribution is 2.16. The largest absolute Gasteiger partial charge is 0.465 e. The number of hydrogen-bond donors (Lipinski definition) is 2. The van der Waals surface area contributed by atoms with Crippen LogP contribution in [0.4, 0.5) is 5.69 Å². The zero-order chi connectivity index (χ0) is 15.0. The van der Waals surface area contributed by atoms with Crippen molar-refractivity contribution in [1.29, 1.82) is 0 Å². The van der Waals surface area contributed by atoms with Crippen LogP contribution >= 0.6 is 0 Å². The van der Waals surface area contributed by atoms with Crippen molar-refractivity contribution in [3.8, 4) is 0 Å². The van der Waals surface area contributed by atoms with E-state index < -0.39 is 11.9 Å². The van der Waals surface area contributed by atoms with Crippen LogP contribution in [0.25, 0.3) is 0 Å². The molecule has 0 spiro atoms. The van der Waals surface area contributed by atoms with Gasteiger partial charge in [0.1, 0.15) is 6.42 Å². The first-order chi connectivity index (χ1) is 9.58. The number of nitrogens with one attached hydrogen (secondary N) is 2. The molecule has 0 atom stereocenters. The fraction of sp³-hybridized carbons (Fsp3) is 0.357. The maximum Gasteiger partial charge on any atom is 0.339 e. The van der Waals surface area contributed by atoms with Crippen molar-refractivity contribution in [1.82, 2.24) is 5.32 Å². The van der Waals surface area contributed by atoms with Gasteiger partial charge in [-0.2, -0.15) is 0 Å². The number of hydrogen-bond acceptors (Lipinski definition) is 4. The molecule has 0 aliphatic heterocycles. The van der Waals surface area contributed by atoms with Gasteiger partial charge in [0.15, 0.2) is 0 Å². The van der Waals surface area contributed by atoms with Gasteiger partial charge in [0.25, 0.3) is 0 Å². The fourth-order valence-electron chi connectivity index (χ4n) is 1.55. The quantitative estimate of drug-likeness (QED) is 0.607. The molecule has 6 heteroatoms. The number of ether oxygens (including phenoxy) is 1. The van der Waals surface area contributed by atoms with Crippen LogP contribution in [0.3, 0.4) is 0 Å². The molecule has 2 N–H and O–H groups in total. The second kappa shape index (κ2) is 7.93. The van der Waals surface area contributed by atoms with E-state index in [2.05, 4.69) is 15.4 Å². The molecular weight excluding hydrogens is 260 g/mol. The van der Waals surface area contributed by atoms with Gasteiger partial charge in [-0.15, -0.1) is 0 Å². The molecule has 0 unspecified atom stereocenters. The monoisotopic (exact) mass is 278 g/mol. The van der Waals surface area contributed by atoms with E-state index in [0.717, 1.165) is 6.42 Å². The van der Waals surface area contributed by atoms with E-state index in [1.54, 1.807) is 24.3 Å². The van der Waals surface area contributed by atoms with Gasteiger partial charge in [-0.3, -0.25) is 9.59 Å². The molecule has 0 bridgehead atoms. The van der Waals surface area contributed by atoms with E-state index in [9.17, 15) is 14.4 Å². The van der Waals surface area contributed by atoms with E-state index in [1.807, 2.05) is 6.92 Å². The van der Waals surface area contributed by atoms with Crippen LogP contribution in [0, 0.1) is 0 Å². The minimum absolute atomic E-state index is 0.248. The summed E-state index contributed by atoms with van der Waals surface area (Å²) in [4.78, 5) is 34.7. The Hall–Kier alpha value is -2.37. The maximum atomic E-state index is 11.7. The third kappa shape index (κ3) is 4.72. The smallest absolute Gasteiger partial charge is 0.339 e. The highest BCUT2D eigenvalue weighted by atomic mass is 16.5. The Morgan fingerprint density at radius 3 is 2.50 bits per heavy atom. The van der Waals surface area contributed by atoms with Crippen molar-refractivity contribution in [2.24, 2.45) is 0 Å². The number of amides is 2. The van der Waals surface area contributed by atoms with Gasteiger partial charge in [-0.25, -0.2) is 4.79 Å². The highest BCUT2D eigenvalue weighted by Gasteiger charge is 2.14. The summed E-state index contributed by atoms with van der Waals surface area (Å²) in [5.74, 6) is -1.37. The van der Waals surface area contributed by atoms with Crippen molar-refractivity contribution < 1.29 is 19.1 Å². The molecular formula is C14H18N2O4. The second-order valence-corrected chi connectivity index (χ2v) is 4.11. The molecule has 0 aromatic heterocycles.